The van der Waals surface area contributed by atoms with Crippen LogP contribution in [0, 0.1) is 0 Å². The van der Waals surface area contributed by atoms with Crippen molar-refractivity contribution in [2.24, 2.45) is 0 Å². The highest BCUT2D eigenvalue weighted by Gasteiger charge is 2.24. The summed E-state index contributed by atoms with van der Waals surface area (Å²) in [6.45, 7) is 0. The lowest BCUT2D eigenvalue weighted by Gasteiger charge is -2.05. The van der Waals surface area contributed by atoms with Crippen molar-refractivity contribution in [1.29, 1.82) is 0 Å². The van der Waals surface area contributed by atoms with Gasteiger partial charge in [0.2, 0.25) is 0 Å². The summed E-state index contributed by atoms with van der Waals surface area (Å²) >= 11 is 11.8. The van der Waals surface area contributed by atoms with Gasteiger partial charge in [0.1, 0.15) is 5.82 Å². The number of amides is 1. The van der Waals surface area contributed by atoms with Crippen LogP contribution in [0.1, 0.15) is 24.0 Å². The number of carbonyl (C=O) groups is 1. The number of nitrogens with one attached hydrogen (secondary N) is 1. The van der Waals surface area contributed by atoms with E-state index in [9.17, 15) is 9.90 Å². The summed E-state index contributed by atoms with van der Waals surface area (Å²) < 4.78 is 0. The number of allylic oxidation sites excluding steroid dienone is 1. The van der Waals surface area contributed by atoms with Crippen molar-refractivity contribution < 1.29 is 9.90 Å². The standard InChI is InChI=1S/C17H14Cl2N2O2/c18-13-8-10(9-14(19)15(13)22)4-1-2-5-12-11-6-3-7-20-16(11)21-17(12)23/h3,5-9,22H,1-2,4H2,(H,20,21,23)/b12-5-. The molecule has 1 aliphatic heterocycles. The van der Waals surface area contributed by atoms with Crippen LogP contribution in [-0.2, 0) is 11.2 Å². The molecule has 0 saturated heterocycles. The molecule has 0 bridgehead atoms. The summed E-state index contributed by atoms with van der Waals surface area (Å²) in [6, 6.07) is 7.10. The SMILES string of the molecule is O=C1Nc2ncccc2/C1=C/CCCc1cc(Cl)c(O)c(Cl)c1. The number of hydrogen-bond donors (Lipinski definition) is 2. The molecule has 2 N–H and O–H groups in total. The highest BCUT2D eigenvalue weighted by molar-refractivity contribution is 6.37. The number of unbranched alkanes of at least 4 members (excludes halogenated alkanes) is 1. The Labute approximate surface area is 143 Å². The molecule has 2 aromatic rings. The van der Waals surface area contributed by atoms with E-state index < -0.39 is 0 Å². The third-order valence-corrected chi connectivity index (χ3v) is 4.25. The van der Waals surface area contributed by atoms with Crippen LogP contribution < -0.4 is 5.32 Å². The zero-order valence-corrected chi connectivity index (χ0v) is 13.7. The minimum Gasteiger partial charge on any atom is -0.505 e. The first-order valence-corrected chi connectivity index (χ1v) is 7.95. The van der Waals surface area contributed by atoms with Gasteiger partial charge >= 0.3 is 0 Å². The summed E-state index contributed by atoms with van der Waals surface area (Å²) in [5, 5.41) is 12.8. The molecule has 0 radical (unpaired) electrons. The quantitative estimate of drug-likeness (QED) is 0.633. The number of phenols is 1. The van der Waals surface area contributed by atoms with Crippen molar-refractivity contribution in [2.75, 3.05) is 5.32 Å². The number of rotatable bonds is 4. The number of fused-ring (bicyclic) bond motifs is 1. The van der Waals surface area contributed by atoms with E-state index in [0.717, 1.165) is 30.4 Å². The lowest BCUT2D eigenvalue weighted by Crippen LogP contribution is -2.04. The van der Waals surface area contributed by atoms with Crippen LogP contribution in [0.4, 0.5) is 5.82 Å². The van der Waals surface area contributed by atoms with Gasteiger partial charge < -0.3 is 10.4 Å². The number of pyridine rings is 1. The molecule has 0 saturated carbocycles. The predicted molar refractivity (Wildman–Crippen MR) is 91.9 cm³/mol. The van der Waals surface area contributed by atoms with Crippen LogP contribution in [0.5, 0.6) is 5.75 Å². The summed E-state index contributed by atoms with van der Waals surface area (Å²) in [7, 11) is 0. The maximum absolute atomic E-state index is 11.9. The molecule has 2 heterocycles. The molecule has 0 spiro atoms. The van der Waals surface area contributed by atoms with Crippen LogP contribution >= 0.6 is 23.2 Å². The highest BCUT2D eigenvalue weighted by Crippen LogP contribution is 2.33. The van der Waals surface area contributed by atoms with Gasteiger partial charge in [-0.3, -0.25) is 4.79 Å². The molecule has 1 aromatic heterocycles. The van der Waals surface area contributed by atoms with Crippen molar-refractivity contribution in [3.05, 3.63) is 57.7 Å². The van der Waals surface area contributed by atoms with Crippen LogP contribution in [0.3, 0.4) is 0 Å². The minimum absolute atomic E-state index is 0.0917. The molecule has 6 heteroatoms. The Morgan fingerprint density at radius 2 is 2.00 bits per heavy atom. The van der Waals surface area contributed by atoms with Crippen molar-refractivity contribution in [1.82, 2.24) is 4.98 Å². The van der Waals surface area contributed by atoms with Gasteiger partial charge in [-0.25, -0.2) is 4.98 Å². The van der Waals surface area contributed by atoms with E-state index in [1.165, 1.54) is 0 Å². The second kappa shape index (κ2) is 6.60. The number of aryl methyl sites for hydroxylation is 1. The maximum Gasteiger partial charge on any atom is 0.257 e. The van der Waals surface area contributed by atoms with Crippen molar-refractivity contribution >= 4 is 40.5 Å². The maximum atomic E-state index is 11.9. The van der Waals surface area contributed by atoms with Crippen LogP contribution in [0.25, 0.3) is 5.57 Å². The van der Waals surface area contributed by atoms with Crippen molar-refractivity contribution in [2.45, 2.75) is 19.3 Å². The number of aromatic nitrogens is 1. The van der Waals surface area contributed by atoms with Gasteiger partial charge in [0.25, 0.3) is 5.91 Å². The molecule has 1 aromatic carbocycles. The fourth-order valence-corrected chi connectivity index (χ4v) is 3.07. The first kappa shape index (κ1) is 15.8. The van der Waals surface area contributed by atoms with Gasteiger partial charge in [0.05, 0.1) is 10.0 Å². The smallest absolute Gasteiger partial charge is 0.257 e. The van der Waals surface area contributed by atoms with E-state index >= 15 is 0 Å². The fraction of sp³-hybridized carbons (Fsp3) is 0.176. The van der Waals surface area contributed by atoms with Gasteiger partial charge in [-0.2, -0.15) is 0 Å². The first-order chi connectivity index (χ1) is 11.1. The van der Waals surface area contributed by atoms with E-state index in [-0.39, 0.29) is 21.7 Å². The largest absolute Gasteiger partial charge is 0.505 e. The Morgan fingerprint density at radius 1 is 1.26 bits per heavy atom. The van der Waals surface area contributed by atoms with Gasteiger partial charge in [-0.05, 0) is 49.1 Å². The molecule has 23 heavy (non-hydrogen) atoms. The van der Waals surface area contributed by atoms with Crippen LogP contribution in [0.15, 0.2) is 36.5 Å². The van der Waals surface area contributed by atoms with E-state index in [0.29, 0.717) is 11.4 Å². The van der Waals surface area contributed by atoms with Crippen LogP contribution in [-0.4, -0.2) is 16.0 Å². The molecule has 0 unspecified atom stereocenters. The average molecular weight is 349 g/mol. The monoisotopic (exact) mass is 348 g/mol. The fourth-order valence-electron chi connectivity index (χ4n) is 2.54. The van der Waals surface area contributed by atoms with E-state index in [2.05, 4.69) is 10.3 Å². The lowest BCUT2D eigenvalue weighted by molar-refractivity contribution is -0.110. The van der Waals surface area contributed by atoms with E-state index in [1.54, 1.807) is 18.3 Å². The molecule has 0 fully saturated rings. The summed E-state index contributed by atoms with van der Waals surface area (Å²) in [4.78, 5) is 16.1. The summed E-state index contributed by atoms with van der Waals surface area (Å²) in [6.07, 6.45) is 5.91. The zero-order chi connectivity index (χ0) is 16.4. The summed E-state index contributed by atoms with van der Waals surface area (Å²) in [5.41, 5.74) is 2.46. The molecule has 1 amide bonds. The van der Waals surface area contributed by atoms with E-state index in [1.807, 2.05) is 18.2 Å². The Morgan fingerprint density at radius 3 is 2.74 bits per heavy atom. The number of hydrogen-bond acceptors (Lipinski definition) is 3. The highest BCUT2D eigenvalue weighted by atomic mass is 35.5. The lowest BCUT2D eigenvalue weighted by atomic mass is 10.0. The Balaban J connectivity index is 1.65. The number of phenolic OH excluding ortho intramolecular Hbond substituents is 1. The van der Waals surface area contributed by atoms with Gasteiger partial charge in [0.15, 0.2) is 5.75 Å². The number of benzene rings is 1. The molecule has 0 atom stereocenters. The van der Waals surface area contributed by atoms with Gasteiger partial charge in [-0.15, -0.1) is 0 Å². The molecule has 118 valence electrons. The number of carbonyl (C=O) groups excluding carboxylic acids is 1. The zero-order valence-electron chi connectivity index (χ0n) is 12.1. The van der Waals surface area contributed by atoms with Crippen LogP contribution in [0.2, 0.25) is 10.0 Å². The van der Waals surface area contributed by atoms with Gasteiger partial charge in [-0.1, -0.05) is 29.3 Å². The Hall–Kier alpha value is -2.04. The minimum atomic E-state index is -0.116. The van der Waals surface area contributed by atoms with E-state index in [4.69, 9.17) is 23.2 Å². The summed E-state index contributed by atoms with van der Waals surface area (Å²) in [5.74, 6) is 0.404. The average Bonchev–Trinajstić information content (AvgIpc) is 2.84. The molecule has 4 nitrogen and oxygen atoms in total. The normalized spacial score (nSPS) is 14.9. The molecule has 0 aliphatic carbocycles. The first-order valence-electron chi connectivity index (χ1n) is 7.20. The third kappa shape index (κ3) is 3.33. The second-order valence-electron chi connectivity index (χ2n) is 5.27. The number of anilines is 1. The topological polar surface area (TPSA) is 62.2 Å². The molecule has 3 rings (SSSR count). The second-order valence-corrected chi connectivity index (χ2v) is 6.09. The molecular formula is C17H14Cl2N2O2. The number of halogens is 2. The van der Waals surface area contributed by atoms with Crippen molar-refractivity contribution in [3.63, 3.8) is 0 Å². The predicted octanol–water partition coefficient (Wildman–Crippen LogP) is 4.45. The number of aromatic hydroxyl groups is 1. The molecule has 1 aliphatic rings. The third-order valence-electron chi connectivity index (χ3n) is 3.67. The molecular weight excluding hydrogens is 335 g/mol. The van der Waals surface area contributed by atoms with Gasteiger partial charge in [0, 0.05) is 17.3 Å². The Bertz CT molecular complexity index is 780. The Kier molecular flexibility index (Phi) is 4.55. The van der Waals surface area contributed by atoms with Crippen molar-refractivity contribution in [3.8, 4) is 5.75 Å². The number of nitrogens with zero attached hydrogens (tertiary/aromatic N) is 1.